The molecule has 0 atom stereocenters. The first-order chi connectivity index (χ1) is 6.22. The van der Waals surface area contributed by atoms with E-state index >= 15 is 0 Å². The van der Waals surface area contributed by atoms with Crippen LogP contribution in [0.3, 0.4) is 0 Å². The molecule has 70 valence electrons. The summed E-state index contributed by atoms with van der Waals surface area (Å²) in [5, 5.41) is 0. The normalized spacial score (nSPS) is 9.69. The molecule has 0 unspecified atom stereocenters. The molecule has 3 heteroatoms. The van der Waals surface area contributed by atoms with Crippen LogP contribution in [0.2, 0.25) is 0 Å². The standard InChI is InChI=1S/C10H11BrO2/c1-2-10(12)13-7-8-4-3-5-9(11)6-8/h3-6H,2,7H2,1H3. The van der Waals surface area contributed by atoms with E-state index in [2.05, 4.69) is 15.9 Å². The molecule has 0 spiro atoms. The van der Waals surface area contributed by atoms with E-state index in [0.29, 0.717) is 13.0 Å². The fraction of sp³-hybridized carbons (Fsp3) is 0.300. The van der Waals surface area contributed by atoms with Crippen molar-refractivity contribution in [1.29, 1.82) is 0 Å². The van der Waals surface area contributed by atoms with Gasteiger partial charge in [0.05, 0.1) is 0 Å². The second-order valence-electron chi connectivity index (χ2n) is 2.64. The van der Waals surface area contributed by atoms with Gasteiger partial charge in [-0.2, -0.15) is 0 Å². The molecule has 2 nitrogen and oxygen atoms in total. The molecule has 1 aromatic rings. The predicted molar refractivity (Wildman–Crippen MR) is 54.2 cm³/mol. The topological polar surface area (TPSA) is 26.3 Å². The third-order valence-corrected chi connectivity index (χ3v) is 2.07. The number of hydrogen-bond donors (Lipinski definition) is 0. The quantitative estimate of drug-likeness (QED) is 0.763. The van der Waals surface area contributed by atoms with E-state index < -0.39 is 0 Å². The summed E-state index contributed by atoms with van der Waals surface area (Å²) in [5.74, 6) is -0.167. The summed E-state index contributed by atoms with van der Waals surface area (Å²) < 4.78 is 5.97. The summed E-state index contributed by atoms with van der Waals surface area (Å²) in [5.41, 5.74) is 0.996. The Labute approximate surface area is 86.0 Å². The molecule has 0 saturated heterocycles. The molecule has 0 aliphatic rings. The number of carbonyl (C=O) groups is 1. The lowest BCUT2D eigenvalue weighted by atomic mass is 10.2. The molecule has 1 aromatic carbocycles. The summed E-state index contributed by atoms with van der Waals surface area (Å²) in [7, 11) is 0. The number of hydrogen-bond acceptors (Lipinski definition) is 2. The van der Waals surface area contributed by atoms with Crippen LogP contribution < -0.4 is 0 Å². The first kappa shape index (κ1) is 10.3. The van der Waals surface area contributed by atoms with Crippen LogP contribution in [-0.4, -0.2) is 5.97 Å². The van der Waals surface area contributed by atoms with Crippen LogP contribution in [0.1, 0.15) is 18.9 Å². The van der Waals surface area contributed by atoms with Gasteiger partial charge in [-0.3, -0.25) is 4.79 Å². The molecule has 0 aliphatic heterocycles. The third kappa shape index (κ3) is 3.59. The molecule has 0 amide bonds. The fourth-order valence-corrected chi connectivity index (χ4v) is 1.34. The summed E-state index contributed by atoms with van der Waals surface area (Å²) in [4.78, 5) is 10.8. The first-order valence-electron chi connectivity index (χ1n) is 4.12. The Morgan fingerprint density at radius 1 is 1.54 bits per heavy atom. The summed E-state index contributed by atoms with van der Waals surface area (Å²) in [6.07, 6.45) is 0.425. The maximum Gasteiger partial charge on any atom is 0.305 e. The van der Waals surface area contributed by atoms with E-state index in [0.717, 1.165) is 10.0 Å². The largest absolute Gasteiger partial charge is 0.461 e. The Morgan fingerprint density at radius 3 is 2.92 bits per heavy atom. The van der Waals surface area contributed by atoms with Crippen molar-refractivity contribution in [3.63, 3.8) is 0 Å². The molecule has 0 aliphatic carbocycles. The van der Waals surface area contributed by atoms with Gasteiger partial charge in [-0.25, -0.2) is 0 Å². The van der Waals surface area contributed by atoms with Crippen molar-refractivity contribution in [2.75, 3.05) is 0 Å². The molecular formula is C10H11BrO2. The van der Waals surface area contributed by atoms with Gasteiger partial charge in [0.25, 0.3) is 0 Å². The summed E-state index contributed by atoms with van der Waals surface area (Å²) in [6, 6.07) is 7.71. The van der Waals surface area contributed by atoms with Crippen molar-refractivity contribution in [3.8, 4) is 0 Å². The highest BCUT2D eigenvalue weighted by atomic mass is 79.9. The minimum Gasteiger partial charge on any atom is -0.461 e. The molecule has 0 aromatic heterocycles. The maximum absolute atomic E-state index is 10.8. The zero-order valence-electron chi connectivity index (χ0n) is 7.42. The second-order valence-corrected chi connectivity index (χ2v) is 3.56. The first-order valence-corrected chi connectivity index (χ1v) is 4.91. The van der Waals surface area contributed by atoms with Gasteiger partial charge in [-0.15, -0.1) is 0 Å². The van der Waals surface area contributed by atoms with Gasteiger partial charge in [0, 0.05) is 10.9 Å². The number of esters is 1. The molecule has 0 radical (unpaired) electrons. The van der Waals surface area contributed by atoms with E-state index in [1.807, 2.05) is 24.3 Å². The Hall–Kier alpha value is -0.830. The van der Waals surface area contributed by atoms with E-state index in [9.17, 15) is 4.79 Å². The molecule has 0 fully saturated rings. The van der Waals surface area contributed by atoms with Crippen molar-refractivity contribution in [3.05, 3.63) is 34.3 Å². The van der Waals surface area contributed by atoms with E-state index in [1.54, 1.807) is 6.92 Å². The van der Waals surface area contributed by atoms with E-state index in [-0.39, 0.29) is 5.97 Å². The van der Waals surface area contributed by atoms with Gasteiger partial charge in [0.2, 0.25) is 0 Å². The lowest BCUT2D eigenvalue weighted by molar-refractivity contribution is -0.144. The Bertz CT molecular complexity index is 297. The van der Waals surface area contributed by atoms with Crippen molar-refractivity contribution in [2.45, 2.75) is 20.0 Å². The minimum absolute atomic E-state index is 0.167. The van der Waals surface area contributed by atoms with Crippen molar-refractivity contribution < 1.29 is 9.53 Å². The van der Waals surface area contributed by atoms with Gasteiger partial charge in [-0.05, 0) is 17.7 Å². The van der Waals surface area contributed by atoms with Crippen molar-refractivity contribution in [2.24, 2.45) is 0 Å². The highest BCUT2D eigenvalue weighted by Gasteiger charge is 1.99. The van der Waals surface area contributed by atoms with Crippen LogP contribution in [0.4, 0.5) is 0 Å². The number of rotatable bonds is 3. The molecule has 0 saturated carbocycles. The van der Waals surface area contributed by atoms with Crippen LogP contribution in [0, 0.1) is 0 Å². The number of halogens is 1. The van der Waals surface area contributed by atoms with Gasteiger partial charge in [-0.1, -0.05) is 35.0 Å². The van der Waals surface area contributed by atoms with Gasteiger partial charge in [0.1, 0.15) is 6.61 Å². The van der Waals surface area contributed by atoms with Gasteiger partial charge < -0.3 is 4.74 Å². The number of carbonyl (C=O) groups excluding carboxylic acids is 1. The zero-order chi connectivity index (χ0) is 9.68. The Balaban J connectivity index is 2.50. The van der Waals surface area contributed by atoms with Crippen LogP contribution in [0.15, 0.2) is 28.7 Å². The molecule has 13 heavy (non-hydrogen) atoms. The lowest BCUT2D eigenvalue weighted by Gasteiger charge is -2.03. The van der Waals surface area contributed by atoms with Crippen LogP contribution >= 0.6 is 15.9 Å². The average molecular weight is 243 g/mol. The van der Waals surface area contributed by atoms with Crippen LogP contribution in [0.5, 0.6) is 0 Å². The minimum atomic E-state index is -0.167. The molecule has 0 N–H and O–H groups in total. The van der Waals surface area contributed by atoms with Crippen LogP contribution in [-0.2, 0) is 16.1 Å². The molecule has 0 bridgehead atoms. The predicted octanol–water partition coefficient (Wildman–Crippen LogP) is 2.90. The smallest absolute Gasteiger partial charge is 0.305 e. The molecule has 0 heterocycles. The zero-order valence-corrected chi connectivity index (χ0v) is 9.00. The average Bonchev–Trinajstić information content (AvgIpc) is 2.14. The van der Waals surface area contributed by atoms with Crippen molar-refractivity contribution >= 4 is 21.9 Å². The van der Waals surface area contributed by atoms with Gasteiger partial charge >= 0.3 is 5.97 Å². The SMILES string of the molecule is CCC(=O)OCc1cccc(Br)c1. The molecular weight excluding hydrogens is 232 g/mol. The Kier molecular flexibility index (Phi) is 3.96. The fourth-order valence-electron chi connectivity index (χ4n) is 0.893. The number of ether oxygens (including phenoxy) is 1. The monoisotopic (exact) mass is 242 g/mol. The van der Waals surface area contributed by atoms with Gasteiger partial charge in [0.15, 0.2) is 0 Å². The summed E-state index contributed by atoms with van der Waals surface area (Å²) in [6.45, 7) is 2.13. The van der Waals surface area contributed by atoms with E-state index in [4.69, 9.17) is 4.74 Å². The number of benzene rings is 1. The lowest BCUT2D eigenvalue weighted by Crippen LogP contribution is -2.02. The highest BCUT2D eigenvalue weighted by molar-refractivity contribution is 9.10. The summed E-state index contributed by atoms with van der Waals surface area (Å²) >= 11 is 3.35. The second kappa shape index (κ2) is 5.02. The van der Waals surface area contributed by atoms with Crippen LogP contribution in [0.25, 0.3) is 0 Å². The van der Waals surface area contributed by atoms with E-state index in [1.165, 1.54) is 0 Å². The Morgan fingerprint density at radius 2 is 2.31 bits per heavy atom. The van der Waals surface area contributed by atoms with Crippen molar-refractivity contribution in [1.82, 2.24) is 0 Å². The highest BCUT2D eigenvalue weighted by Crippen LogP contribution is 2.12. The molecule has 1 rings (SSSR count). The maximum atomic E-state index is 10.8. The third-order valence-electron chi connectivity index (χ3n) is 1.58.